The Hall–Kier alpha value is -1.40. The fourth-order valence-electron chi connectivity index (χ4n) is 2.38. The molecule has 2 rings (SSSR count). The van der Waals surface area contributed by atoms with Gasteiger partial charge in [-0.2, -0.15) is 11.8 Å². The summed E-state index contributed by atoms with van der Waals surface area (Å²) in [5, 5.41) is 11.6. The highest BCUT2D eigenvalue weighted by Crippen LogP contribution is 2.29. The Morgan fingerprint density at radius 3 is 2.76 bits per heavy atom. The molecular formula is C15H23N3O2S. The number of hydrogen-bond donors (Lipinski definition) is 2. The van der Waals surface area contributed by atoms with E-state index >= 15 is 0 Å². The highest BCUT2D eigenvalue weighted by Gasteiger charge is 2.26. The third-order valence-corrected chi connectivity index (χ3v) is 4.74. The van der Waals surface area contributed by atoms with Crippen LogP contribution in [0.4, 0.5) is 0 Å². The zero-order valence-electron chi connectivity index (χ0n) is 12.6. The Kier molecular flexibility index (Phi) is 5.36. The molecule has 1 aliphatic heterocycles. The number of nitrogens with two attached hydrogens (primary N) is 1. The van der Waals surface area contributed by atoms with Gasteiger partial charge in [0.25, 0.3) is 0 Å². The molecule has 0 saturated carbocycles. The Balaban J connectivity index is 1.78. The molecular weight excluding hydrogens is 286 g/mol. The lowest BCUT2D eigenvalue weighted by atomic mass is 10.2. The monoisotopic (exact) mass is 309 g/mol. The van der Waals surface area contributed by atoms with Crippen molar-refractivity contribution in [3.05, 3.63) is 29.8 Å². The normalized spacial score (nSPS) is 19.4. The number of thioether (sulfide) groups is 1. The molecule has 0 atom stereocenters. The van der Waals surface area contributed by atoms with E-state index in [0.717, 1.165) is 25.4 Å². The number of amidine groups is 1. The smallest absolute Gasteiger partial charge is 0.170 e. The predicted octanol–water partition coefficient (Wildman–Crippen LogP) is 1.99. The first-order chi connectivity index (χ1) is 10.00. The number of nitrogens with zero attached hydrogens (tertiary/aromatic N) is 2. The maximum absolute atomic E-state index is 8.61. The standard InChI is InChI=1S/C15H23N3O2S/c1-15(2)11-18(8-10-21-15)7-9-20-13-5-3-12(4-6-13)14(16)17-19/h3-6,19H,7-11H2,1-2H3,(H2,16,17). The molecule has 1 aromatic rings. The summed E-state index contributed by atoms with van der Waals surface area (Å²) >= 11 is 2.03. The van der Waals surface area contributed by atoms with E-state index in [4.69, 9.17) is 15.7 Å². The molecule has 1 aromatic carbocycles. The van der Waals surface area contributed by atoms with Crippen molar-refractivity contribution in [2.24, 2.45) is 10.9 Å². The zero-order valence-corrected chi connectivity index (χ0v) is 13.4. The molecule has 1 aliphatic rings. The number of ether oxygens (including phenoxy) is 1. The van der Waals surface area contributed by atoms with Crippen molar-refractivity contribution in [1.82, 2.24) is 4.90 Å². The Morgan fingerprint density at radius 2 is 2.14 bits per heavy atom. The minimum Gasteiger partial charge on any atom is -0.492 e. The molecule has 0 spiro atoms. The first kappa shape index (κ1) is 16.0. The molecule has 1 heterocycles. The lowest BCUT2D eigenvalue weighted by Crippen LogP contribution is -2.44. The van der Waals surface area contributed by atoms with Crippen LogP contribution in [0, 0.1) is 0 Å². The summed E-state index contributed by atoms with van der Waals surface area (Å²) in [6.45, 7) is 8.41. The highest BCUT2D eigenvalue weighted by atomic mass is 32.2. The second kappa shape index (κ2) is 7.04. The fraction of sp³-hybridized carbons (Fsp3) is 0.533. The summed E-state index contributed by atoms with van der Waals surface area (Å²) in [5.41, 5.74) is 6.20. The SMILES string of the molecule is CC1(C)CN(CCOc2ccc(/C(N)=N/O)cc2)CCS1. The molecule has 0 unspecified atom stereocenters. The van der Waals surface area contributed by atoms with Crippen LogP contribution in [-0.4, -0.2) is 52.7 Å². The third-order valence-electron chi connectivity index (χ3n) is 3.44. The number of rotatable bonds is 5. The van der Waals surface area contributed by atoms with E-state index in [9.17, 15) is 0 Å². The zero-order chi connectivity index (χ0) is 15.3. The lowest BCUT2D eigenvalue weighted by Gasteiger charge is -2.37. The maximum atomic E-state index is 8.61. The van der Waals surface area contributed by atoms with Gasteiger partial charge < -0.3 is 15.7 Å². The largest absolute Gasteiger partial charge is 0.492 e. The topological polar surface area (TPSA) is 71.1 Å². The second-order valence-electron chi connectivity index (χ2n) is 5.74. The molecule has 1 saturated heterocycles. The van der Waals surface area contributed by atoms with Crippen LogP contribution in [0.2, 0.25) is 0 Å². The van der Waals surface area contributed by atoms with Gasteiger partial charge in [0.15, 0.2) is 5.84 Å². The van der Waals surface area contributed by atoms with Crippen molar-refractivity contribution in [3.8, 4) is 5.75 Å². The van der Waals surface area contributed by atoms with Gasteiger partial charge in [0.1, 0.15) is 12.4 Å². The molecule has 6 heteroatoms. The number of oxime groups is 1. The van der Waals surface area contributed by atoms with Gasteiger partial charge in [-0.25, -0.2) is 0 Å². The van der Waals surface area contributed by atoms with Crippen LogP contribution >= 0.6 is 11.8 Å². The minimum absolute atomic E-state index is 0.106. The fourth-order valence-corrected chi connectivity index (χ4v) is 3.55. The van der Waals surface area contributed by atoms with Crippen LogP contribution in [0.15, 0.2) is 29.4 Å². The van der Waals surface area contributed by atoms with Crippen LogP contribution in [0.25, 0.3) is 0 Å². The van der Waals surface area contributed by atoms with Crippen LogP contribution in [-0.2, 0) is 0 Å². The summed E-state index contributed by atoms with van der Waals surface area (Å²) in [7, 11) is 0. The molecule has 21 heavy (non-hydrogen) atoms. The molecule has 1 fully saturated rings. The third kappa shape index (κ3) is 4.82. The molecule has 116 valence electrons. The van der Waals surface area contributed by atoms with Gasteiger partial charge >= 0.3 is 0 Å². The molecule has 0 radical (unpaired) electrons. The minimum atomic E-state index is 0.106. The summed E-state index contributed by atoms with van der Waals surface area (Å²) in [6, 6.07) is 7.24. The summed E-state index contributed by atoms with van der Waals surface area (Å²) in [5.74, 6) is 2.09. The maximum Gasteiger partial charge on any atom is 0.170 e. The first-order valence-corrected chi connectivity index (χ1v) is 8.06. The van der Waals surface area contributed by atoms with Crippen LogP contribution in [0.3, 0.4) is 0 Å². The van der Waals surface area contributed by atoms with E-state index < -0.39 is 0 Å². The van der Waals surface area contributed by atoms with E-state index in [1.807, 2.05) is 23.9 Å². The van der Waals surface area contributed by atoms with Gasteiger partial charge in [-0.15, -0.1) is 0 Å². The Bertz CT molecular complexity index is 488. The van der Waals surface area contributed by atoms with Gasteiger partial charge in [0.05, 0.1) is 0 Å². The summed E-state index contributed by atoms with van der Waals surface area (Å²) in [4.78, 5) is 2.45. The summed E-state index contributed by atoms with van der Waals surface area (Å²) < 4.78 is 6.09. The van der Waals surface area contributed by atoms with Crippen molar-refractivity contribution in [2.75, 3.05) is 32.0 Å². The van der Waals surface area contributed by atoms with Crippen molar-refractivity contribution < 1.29 is 9.94 Å². The number of benzene rings is 1. The van der Waals surface area contributed by atoms with Gasteiger partial charge in [0, 0.05) is 35.7 Å². The molecule has 0 aromatic heterocycles. The number of hydrogen-bond acceptors (Lipinski definition) is 5. The molecule has 0 aliphatic carbocycles. The quantitative estimate of drug-likeness (QED) is 0.377. The van der Waals surface area contributed by atoms with E-state index in [1.165, 1.54) is 5.75 Å². The van der Waals surface area contributed by atoms with Crippen molar-refractivity contribution >= 4 is 17.6 Å². The molecule has 5 nitrogen and oxygen atoms in total. The Labute approximate surface area is 130 Å². The van der Waals surface area contributed by atoms with E-state index in [1.54, 1.807) is 12.1 Å². The van der Waals surface area contributed by atoms with Gasteiger partial charge in [-0.05, 0) is 38.1 Å². The second-order valence-corrected chi connectivity index (χ2v) is 7.54. The van der Waals surface area contributed by atoms with Gasteiger partial charge in [-0.1, -0.05) is 5.16 Å². The highest BCUT2D eigenvalue weighted by molar-refractivity contribution is 8.00. The first-order valence-electron chi connectivity index (χ1n) is 7.07. The van der Waals surface area contributed by atoms with Crippen LogP contribution in [0.1, 0.15) is 19.4 Å². The molecule has 0 bridgehead atoms. The van der Waals surface area contributed by atoms with Crippen LogP contribution < -0.4 is 10.5 Å². The van der Waals surface area contributed by atoms with Crippen molar-refractivity contribution in [2.45, 2.75) is 18.6 Å². The van der Waals surface area contributed by atoms with Crippen LogP contribution in [0.5, 0.6) is 5.75 Å². The molecule has 0 amide bonds. The van der Waals surface area contributed by atoms with Gasteiger partial charge in [0.2, 0.25) is 0 Å². The van der Waals surface area contributed by atoms with E-state index in [-0.39, 0.29) is 5.84 Å². The average molecular weight is 309 g/mol. The average Bonchev–Trinajstić information content (AvgIpc) is 2.46. The van der Waals surface area contributed by atoms with E-state index in [0.29, 0.717) is 16.9 Å². The van der Waals surface area contributed by atoms with Crippen molar-refractivity contribution in [3.63, 3.8) is 0 Å². The van der Waals surface area contributed by atoms with E-state index in [2.05, 4.69) is 23.9 Å². The molecule has 3 N–H and O–H groups in total. The predicted molar refractivity (Wildman–Crippen MR) is 87.4 cm³/mol. The Morgan fingerprint density at radius 1 is 1.43 bits per heavy atom. The van der Waals surface area contributed by atoms with Crippen molar-refractivity contribution in [1.29, 1.82) is 0 Å². The van der Waals surface area contributed by atoms with Gasteiger partial charge in [-0.3, -0.25) is 4.90 Å². The summed E-state index contributed by atoms with van der Waals surface area (Å²) in [6.07, 6.45) is 0. The lowest BCUT2D eigenvalue weighted by molar-refractivity contribution is 0.202.